The summed E-state index contributed by atoms with van der Waals surface area (Å²) < 4.78 is 37.9. The van der Waals surface area contributed by atoms with Gasteiger partial charge in [0.25, 0.3) is 0 Å². The Morgan fingerprint density at radius 2 is 2.13 bits per heavy atom. The van der Waals surface area contributed by atoms with Crippen LogP contribution in [0.1, 0.15) is 0 Å². The van der Waals surface area contributed by atoms with Crippen molar-refractivity contribution in [1.82, 2.24) is 19.9 Å². The van der Waals surface area contributed by atoms with E-state index in [4.69, 9.17) is 5.14 Å². The van der Waals surface area contributed by atoms with Crippen molar-refractivity contribution in [2.75, 3.05) is 17.6 Å². The van der Waals surface area contributed by atoms with Crippen LogP contribution in [0.2, 0.25) is 0 Å². The second-order valence-corrected chi connectivity index (χ2v) is 5.82. The van der Waals surface area contributed by atoms with Gasteiger partial charge in [-0.05, 0) is 6.07 Å². The Labute approximate surface area is 132 Å². The molecule has 3 rings (SSSR count). The molecule has 0 aliphatic carbocycles. The Hall–Kier alpha value is -2.30. The summed E-state index contributed by atoms with van der Waals surface area (Å²) >= 11 is -1.49. The number of rotatable bonds is 5. The summed E-state index contributed by atoms with van der Waals surface area (Å²) in [5.74, 6) is -0.827. The highest BCUT2D eigenvalue weighted by Gasteiger charge is 2.14. The van der Waals surface area contributed by atoms with Crippen LogP contribution in [-0.4, -0.2) is 36.8 Å². The van der Waals surface area contributed by atoms with E-state index < -0.39 is 23.0 Å². The monoisotopic (exact) mass is 338 g/mol. The Morgan fingerprint density at radius 3 is 2.91 bits per heavy atom. The van der Waals surface area contributed by atoms with Crippen LogP contribution in [0.15, 0.2) is 24.7 Å². The molecule has 0 aliphatic rings. The van der Waals surface area contributed by atoms with Gasteiger partial charge >= 0.3 is 0 Å². The first-order valence-corrected chi connectivity index (χ1v) is 7.95. The highest BCUT2D eigenvalue weighted by molar-refractivity contribution is 7.89. The maximum atomic E-state index is 13.7. The van der Waals surface area contributed by atoms with Gasteiger partial charge in [0.05, 0.1) is 18.9 Å². The lowest BCUT2D eigenvalue weighted by Crippen LogP contribution is -2.23. The molecule has 3 aromatic rings. The molecule has 0 aliphatic heterocycles. The standard InChI is InChI=1S/C13H12F2N6OS/c14-7-3-8-9(5-19-11(8)18-4-7)12-20-6-10(15)13(21-12)17-1-2-23(16)22/h3-6H,1-2,16H2,(H,18,19)(H,17,20,21). The molecular formula is C13H12F2N6OS. The number of halogens is 2. The fourth-order valence-corrected chi connectivity index (χ4v) is 2.36. The number of fused-ring (bicyclic) bond motifs is 1. The molecule has 0 saturated carbocycles. The zero-order valence-electron chi connectivity index (χ0n) is 11.7. The molecular weight excluding hydrogens is 326 g/mol. The molecule has 3 heterocycles. The third-order valence-electron chi connectivity index (χ3n) is 3.08. The zero-order chi connectivity index (χ0) is 16.4. The predicted molar refractivity (Wildman–Crippen MR) is 82.7 cm³/mol. The van der Waals surface area contributed by atoms with Gasteiger partial charge in [-0.25, -0.2) is 23.7 Å². The normalized spacial score (nSPS) is 12.5. The maximum Gasteiger partial charge on any atom is 0.183 e. The minimum absolute atomic E-state index is 0.0424. The van der Waals surface area contributed by atoms with Gasteiger partial charge in [-0.15, -0.1) is 0 Å². The van der Waals surface area contributed by atoms with Crippen molar-refractivity contribution in [2.45, 2.75) is 0 Å². The first-order valence-electron chi connectivity index (χ1n) is 6.57. The van der Waals surface area contributed by atoms with Crippen molar-refractivity contribution >= 4 is 28.2 Å². The second kappa shape index (κ2) is 6.44. The quantitative estimate of drug-likeness (QED) is 0.605. The minimum Gasteiger partial charge on any atom is -0.598 e. The van der Waals surface area contributed by atoms with E-state index in [1.54, 1.807) is 6.20 Å². The summed E-state index contributed by atoms with van der Waals surface area (Å²) in [5, 5.41) is 8.34. The largest absolute Gasteiger partial charge is 0.598 e. The van der Waals surface area contributed by atoms with E-state index in [2.05, 4.69) is 25.3 Å². The van der Waals surface area contributed by atoms with Crippen LogP contribution in [0.4, 0.5) is 14.6 Å². The van der Waals surface area contributed by atoms with Crippen molar-refractivity contribution in [1.29, 1.82) is 0 Å². The van der Waals surface area contributed by atoms with Gasteiger partial charge in [0, 0.05) is 28.5 Å². The molecule has 0 radical (unpaired) electrons. The van der Waals surface area contributed by atoms with Gasteiger partial charge in [0.15, 0.2) is 17.5 Å². The maximum absolute atomic E-state index is 13.7. The van der Waals surface area contributed by atoms with Crippen molar-refractivity contribution < 1.29 is 13.3 Å². The minimum atomic E-state index is -1.49. The van der Waals surface area contributed by atoms with Crippen LogP contribution in [0.5, 0.6) is 0 Å². The lowest BCUT2D eigenvalue weighted by Gasteiger charge is -2.08. The van der Waals surface area contributed by atoms with Crippen molar-refractivity contribution in [3.8, 4) is 11.4 Å². The molecule has 0 saturated heterocycles. The van der Waals surface area contributed by atoms with E-state index in [1.807, 2.05) is 0 Å². The number of pyridine rings is 1. The molecule has 7 nitrogen and oxygen atoms in total. The second-order valence-electron chi connectivity index (χ2n) is 4.65. The van der Waals surface area contributed by atoms with E-state index in [0.717, 1.165) is 12.4 Å². The van der Waals surface area contributed by atoms with E-state index in [1.165, 1.54) is 6.07 Å². The molecule has 0 bridgehead atoms. The third kappa shape index (κ3) is 3.38. The molecule has 1 unspecified atom stereocenters. The molecule has 23 heavy (non-hydrogen) atoms. The Bertz CT molecular complexity index is 840. The number of nitrogens with zero attached hydrogens (tertiary/aromatic N) is 3. The molecule has 4 N–H and O–H groups in total. The van der Waals surface area contributed by atoms with Gasteiger partial charge in [-0.3, -0.25) is 0 Å². The number of anilines is 1. The number of nitrogens with one attached hydrogen (secondary N) is 2. The van der Waals surface area contributed by atoms with Gasteiger partial charge in [-0.1, -0.05) is 0 Å². The van der Waals surface area contributed by atoms with Crippen molar-refractivity contribution in [3.05, 3.63) is 36.3 Å². The van der Waals surface area contributed by atoms with Crippen LogP contribution >= 0.6 is 0 Å². The average molecular weight is 338 g/mol. The Balaban J connectivity index is 1.94. The fraction of sp³-hybridized carbons (Fsp3) is 0.154. The molecule has 0 amide bonds. The number of nitrogens with two attached hydrogens (primary N) is 1. The molecule has 10 heteroatoms. The number of H-pyrrole nitrogens is 1. The third-order valence-corrected chi connectivity index (χ3v) is 3.68. The lowest BCUT2D eigenvalue weighted by molar-refractivity contribution is 0.596. The van der Waals surface area contributed by atoms with Crippen LogP contribution in [-0.2, 0) is 11.4 Å². The SMILES string of the molecule is N[S+]([O-])CCNc1nc(-c2c[nH]c3ncc(F)cc23)ncc1F. The summed E-state index contributed by atoms with van der Waals surface area (Å²) in [6.07, 6.45) is 3.67. The van der Waals surface area contributed by atoms with Gasteiger partial charge in [-0.2, -0.15) is 5.14 Å². The number of aromatic nitrogens is 4. The summed E-state index contributed by atoms with van der Waals surface area (Å²) in [7, 11) is 0. The van der Waals surface area contributed by atoms with Gasteiger partial charge in [0.1, 0.15) is 17.2 Å². The Kier molecular flexibility index (Phi) is 4.37. The number of aromatic amines is 1. The molecule has 1 atom stereocenters. The molecule has 3 aromatic heterocycles. The van der Waals surface area contributed by atoms with E-state index in [0.29, 0.717) is 16.6 Å². The van der Waals surface area contributed by atoms with Gasteiger partial charge in [0.2, 0.25) is 0 Å². The Morgan fingerprint density at radius 1 is 1.30 bits per heavy atom. The predicted octanol–water partition coefficient (Wildman–Crippen LogP) is 1.33. The molecule has 0 aromatic carbocycles. The molecule has 0 spiro atoms. The first-order chi connectivity index (χ1) is 11.0. The number of hydrogen-bond acceptors (Lipinski definition) is 6. The van der Waals surface area contributed by atoms with E-state index in [-0.39, 0.29) is 23.9 Å². The number of hydrogen-bond donors (Lipinski definition) is 3. The topological polar surface area (TPSA) is 116 Å². The smallest absolute Gasteiger partial charge is 0.183 e. The fourth-order valence-electron chi connectivity index (χ4n) is 2.05. The van der Waals surface area contributed by atoms with Crippen LogP contribution in [0, 0.1) is 11.6 Å². The van der Waals surface area contributed by atoms with Crippen LogP contribution in [0.3, 0.4) is 0 Å². The summed E-state index contributed by atoms with van der Waals surface area (Å²) in [5.41, 5.74) is 0.972. The average Bonchev–Trinajstić information content (AvgIpc) is 2.92. The molecule has 0 fully saturated rings. The molecule has 120 valence electrons. The highest BCUT2D eigenvalue weighted by atomic mass is 32.2. The first kappa shape index (κ1) is 15.6. The summed E-state index contributed by atoms with van der Waals surface area (Å²) in [6.45, 7) is 0.195. The highest BCUT2D eigenvalue weighted by Crippen LogP contribution is 2.26. The van der Waals surface area contributed by atoms with Crippen molar-refractivity contribution in [2.24, 2.45) is 5.14 Å². The lowest BCUT2D eigenvalue weighted by atomic mass is 10.2. The summed E-state index contributed by atoms with van der Waals surface area (Å²) in [6, 6.07) is 1.30. The van der Waals surface area contributed by atoms with E-state index in [9.17, 15) is 13.3 Å². The summed E-state index contributed by atoms with van der Waals surface area (Å²) in [4.78, 5) is 14.8. The van der Waals surface area contributed by atoms with Crippen LogP contribution in [0.25, 0.3) is 22.4 Å². The van der Waals surface area contributed by atoms with E-state index >= 15 is 0 Å². The van der Waals surface area contributed by atoms with Gasteiger partial charge < -0.3 is 14.9 Å². The van der Waals surface area contributed by atoms with Crippen molar-refractivity contribution in [3.63, 3.8) is 0 Å². The van der Waals surface area contributed by atoms with Crippen LogP contribution < -0.4 is 10.5 Å². The zero-order valence-corrected chi connectivity index (χ0v) is 12.5.